The number of carbonyl (C=O) groups excluding carboxylic acids is 2. The van der Waals surface area contributed by atoms with Gasteiger partial charge in [0.2, 0.25) is 0 Å². The summed E-state index contributed by atoms with van der Waals surface area (Å²) in [6.07, 6.45) is 1.60. The molecule has 7 heteroatoms. The highest BCUT2D eigenvalue weighted by Crippen LogP contribution is 2.09. The van der Waals surface area contributed by atoms with E-state index in [-0.39, 0.29) is 0 Å². The molecule has 2 aromatic rings. The van der Waals surface area contributed by atoms with Crippen LogP contribution in [0, 0.1) is 0 Å². The first-order chi connectivity index (χ1) is 12.1. The van der Waals surface area contributed by atoms with Crippen LogP contribution in [-0.4, -0.2) is 36.6 Å². The minimum Gasteiger partial charge on any atom is -0.467 e. The van der Waals surface area contributed by atoms with Gasteiger partial charge in [-0.2, -0.15) is 0 Å². The van der Waals surface area contributed by atoms with E-state index >= 15 is 0 Å². The van der Waals surface area contributed by atoms with Crippen molar-refractivity contribution in [1.29, 1.82) is 0 Å². The number of benzene rings is 2. The van der Waals surface area contributed by atoms with Gasteiger partial charge in [0.25, 0.3) is 0 Å². The number of amides is 2. The number of urea groups is 1. The Kier molecular flexibility index (Phi) is 6.53. The third-order valence-corrected chi connectivity index (χ3v) is 3.45. The molecule has 3 N–H and O–H groups in total. The Morgan fingerprint density at radius 1 is 1.16 bits per heavy atom. The Labute approximate surface area is 145 Å². The number of hydrogen-bond acceptors (Lipinski definition) is 5. The standard InChI is InChI=1S/C18H19N3O4/c1-25-17(22)16(11-13-5-3-2-4-6-13)21-18(23)20-15-9-7-14(8-10-15)12-19-24/h2-10,12,16,24H,11H2,1H3,(H2,20,21,23). The average Bonchev–Trinajstić information content (AvgIpc) is 2.63. The van der Waals surface area contributed by atoms with Gasteiger partial charge >= 0.3 is 12.0 Å². The maximum atomic E-state index is 12.1. The van der Waals surface area contributed by atoms with Crippen LogP contribution in [0.25, 0.3) is 0 Å². The molecule has 25 heavy (non-hydrogen) atoms. The molecule has 1 unspecified atom stereocenters. The molecule has 0 fully saturated rings. The minimum atomic E-state index is -0.798. The Balaban J connectivity index is 1.99. The zero-order valence-electron chi connectivity index (χ0n) is 13.7. The summed E-state index contributed by atoms with van der Waals surface area (Å²) in [7, 11) is 1.28. The Morgan fingerprint density at radius 3 is 2.44 bits per heavy atom. The van der Waals surface area contributed by atoms with E-state index in [1.54, 1.807) is 24.3 Å². The molecule has 0 aromatic heterocycles. The number of carbonyl (C=O) groups is 2. The Hall–Kier alpha value is -3.35. The number of nitrogens with zero attached hydrogens (tertiary/aromatic N) is 1. The fourth-order valence-corrected chi connectivity index (χ4v) is 2.23. The van der Waals surface area contributed by atoms with E-state index in [1.165, 1.54) is 13.3 Å². The minimum absolute atomic E-state index is 0.326. The number of hydrogen-bond donors (Lipinski definition) is 3. The first-order valence-corrected chi connectivity index (χ1v) is 7.59. The molecule has 7 nitrogen and oxygen atoms in total. The SMILES string of the molecule is COC(=O)C(Cc1ccccc1)NC(=O)Nc1ccc(C=NO)cc1. The van der Waals surface area contributed by atoms with Gasteiger partial charge in [0, 0.05) is 12.1 Å². The van der Waals surface area contributed by atoms with E-state index in [0.717, 1.165) is 5.56 Å². The molecule has 2 rings (SSSR count). The summed E-state index contributed by atoms with van der Waals surface area (Å²) in [5.41, 5.74) is 2.13. The molecule has 0 radical (unpaired) electrons. The zero-order valence-corrected chi connectivity index (χ0v) is 13.7. The van der Waals surface area contributed by atoms with E-state index in [2.05, 4.69) is 15.8 Å². The van der Waals surface area contributed by atoms with Crippen molar-refractivity contribution in [3.05, 3.63) is 65.7 Å². The van der Waals surface area contributed by atoms with Gasteiger partial charge in [-0.1, -0.05) is 47.6 Å². The molecular formula is C18H19N3O4. The van der Waals surface area contributed by atoms with Crippen molar-refractivity contribution in [3.63, 3.8) is 0 Å². The van der Waals surface area contributed by atoms with E-state index < -0.39 is 18.0 Å². The highest BCUT2D eigenvalue weighted by Gasteiger charge is 2.21. The fraction of sp³-hybridized carbons (Fsp3) is 0.167. The van der Waals surface area contributed by atoms with Crippen LogP contribution < -0.4 is 10.6 Å². The number of anilines is 1. The molecule has 0 aliphatic carbocycles. The lowest BCUT2D eigenvalue weighted by molar-refractivity contribution is -0.142. The number of methoxy groups -OCH3 is 1. The van der Waals surface area contributed by atoms with Crippen LogP contribution in [0.3, 0.4) is 0 Å². The van der Waals surface area contributed by atoms with E-state index in [4.69, 9.17) is 9.94 Å². The molecule has 0 heterocycles. The molecule has 0 aliphatic heterocycles. The van der Waals surface area contributed by atoms with Crippen molar-refractivity contribution in [2.45, 2.75) is 12.5 Å². The van der Waals surface area contributed by atoms with Crippen LogP contribution in [0.1, 0.15) is 11.1 Å². The van der Waals surface area contributed by atoms with Gasteiger partial charge in [-0.05, 0) is 23.3 Å². The third kappa shape index (κ3) is 5.65. The van der Waals surface area contributed by atoms with Gasteiger partial charge < -0.3 is 20.6 Å². The average molecular weight is 341 g/mol. The summed E-state index contributed by atoms with van der Waals surface area (Å²) in [4.78, 5) is 24.1. The number of esters is 1. The summed E-state index contributed by atoms with van der Waals surface area (Å²) in [6, 6.07) is 14.7. The molecule has 0 saturated carbocycles. The van der Waals surface area contributed by atoms with E-state index in [0.29, 0.717) is 17.7 Å². The van der Waals surface area contributed by atoms with Crippen LogP contribution in [-0.2, 0) is 16.0 Å². The summed E-state index contributed by atoms with van der Waals surface area (Å²) in [6.45, 7) is 0. The molecule has 2 aromatic carbocycles. The molecule has 0 saturated heterocycles. The zero-order chi connectivity index (χ0) is 18.1. The molecule has 1 atom stereocenters. The van der Waals surface area contributed by atoms with Crippen LogP contribution in [0.4, 0.5) is 10.5 Å². The predicted molar refractivity (Wildman–Crippen MR) is 93.9 cm³/mol. The summed E-state index contributed by atoms with van der Waals surface area (Å²) < 4.78 is 4.76. The lowest BCUT2D eigenvalue weighted by Crippen LogP contribution is -2.45. The summed E-state index contributed by atoms with van der Waals surface area (Å²) >= 11 is 0. The molecular weight excluding hydrogens is 322 g/mol. The van der Waals surface area contributed by atoms with Crippen molar-refractivity contribution in [1.82, 2.24) is 5.32 Å². The van der Waals surface area contributed by atoms with Crippen LogP contribution in [0.15, 0.2) is 59.8 Å². The van der Waals surface area contributed by atoms with Crippen LogP contribution >= 0.6 is 0 Å². The van der Waals surface area contributed by atoms with Crippen LogP contribution in [0.5, 0.6) is 0 Å². The predicted octanol–water partition coefficient (Wildman–Crippen LogP) is 2.40. The molecule has 0 spiro atoms. The summed E-state index contributed by atoms with van der Waals surface area (Å²) in [5, 5.41) is 16.7. The maximum absolute atomic E-state index is 12.1. The normalized spacial score (nSPS) is 11.7. The molecule has 130 valence electrons. The Morgan fingerprint density at radius 2 is 1.84 bits per heavy atom. The first kappa shape index (κ1) is 18.0. The summed E-state index contributed by atoms with van der Waals surface area (Å²) in [5.74, 6) is -0.520. The van der Waals surface area contributed by atoms with Gasteiger partial charge in [0.1, 0.15) is 6.04 Å². The van der Waals surface area contributed by atoms with Gasteiger partial charge in [-0.25, -0.2) is 9.59 Å². The van der Waals surface area contributed by atoms with Gasteiger partial charge in [0.15, 0.2) is 0 Å². The second-order valence-electron chi connectivity index (χ2n) is 5.23. The van der Waals surface area contributed by atoms with Gasteiger partial charge in [-0.3, -0.25) is 0 Å². The third-order valence-electron chi connectivity index (χ3n) is 3.45. The van der Waals surface area contributed by atoms with Crippen molar-refractivity contribution < 1.29 is 19.5 Å². The van der Waals surface area contributed by atoms with Crippen LogP contribution in [0.2, 0.25) is 0 Å². The van der Waals surface area contributed by atoms with Crippen molar-refractivity contribution in [2.75, 3.05) is 12.4 Å². The van der Waals surface area contributed by atoms with Crippen molar-refractivity contribution in [3.8, 4) is 0 Å². The van der Waals surface area contributed by atoms with E-state index in [9.17, 15) is 9.59 Å². The van der Waals surface area contributed by atoms with Crippen molar-refractivity contribution >= 4 is 23.9 Å². The largest absolute Gasteiger partial charge is 0.467 e. The maximum Gasteiger partial charge on any atom is 0.328 e. The smallest absolute Gasteiger partial charge is 0.328 e. The second kappa shape index (κ2) is 9.07. The number of ether oxygens (including phenoxy) is 1. The fourth-order valence-electron chi connectivity index (χ4n) is 2.23. The lowest BCUT2D eigenvalue weighted by atomic mass is 10.1. The topological polar surface area (TPSA) is 100 Å². The molecule has 0 bridgehead atoms. The first-order valence-electron chi connectivity index (χ1n) is 7.59. The highest BCUT2D eigenvalue weighted by molar-refractivity contribution is 5.93. The number of rotatable bonds is 6. The molecule has 2 amide bonds. The van der Waals surface area contributed by atoms with Crippen molar-refractivity contribution in [2.24, 2.45) is 5.16 Å². The highest BCUT2D eigenvalue weighted by atomic mass is 16.5. The monoisotopic (exact) mass is 341 g/mol. The second-order valence-corrected chi connectivity index (χ2v) is 5.23. The quantitative estimate of drug-likeness (QED) is 0.325. The Bertz CT molecular complexity index is 730. The van der Waals surface area contributed by atoms with E-state index in [1.807, 2.05) is 30.3 Å². The number of nitrogens with one attached hydrogen (secondary N) is 2. The van der Waals surface area contributed by atoms with Gasteiger partial charge in [0.05, 0.1) is 13.3 Å². The molecule has 0 aliphatic rings. The lowest BCUT2D eigenvalue weighted by Gasteiger charge is -2.17. The number of oxime groups is 1. The van der Waals surface area contributed by atoms with Gasteiger partial charge in [-0.15, -0.1) is 0 Å².